The Kier molecular flexibility index (Phi) is 15.2. The van der Waals surface area contributed by atoms with Crippen LogP contribution in [-0.4, -0.2) is 108 Å². The molecule has 2 aromatic carbocycles. The number of carbonyl (C=O) groups excluding carboxylic acids is 5. The summed E-state index contributed by atoms with van der Waals surface area (Å²) in [6.07, 6.45) is -12.9. The van der Waals surface area contributed by atoms with Crippen LogP contribution in [0.1, 0.15) is 52.0 Å². The fourth-order valence-corrected chi connectivity index (χ4v) is 9.76. The van der Waals surface area contributed by atoms with E-state index in [2.05, 4.69) is 31.9 Å². The monoisotopic (exact) mass is 1070 g/mol. The molecule has 1 saturated heterocycles. The summed E-state index contributed by atoms with van der Waals surface area (Å²) < 4.78 is 146. The third kappa shape index (κ3) is 12.4. The maximum absolute atomic E-state index is 14.8. The van der Waals surface area contributed by atoms with Gasteiger partial charge in [-0.2, -0.15) is 39.5 Å². The van der Waals surface area contributed by atoms with E-state index < -0.39 is 104 Å². The van der Waals surface area contributed by atoms with Crippen molar-refractivity contribution in [2.75, 3.05) is 19.0 Å². The van der Waals surface area contributed by atoms with Crippen molar-refractivity contribution in [3.63, 3.8) is 0 Å². The van der Waals surface area contributed by atoms with E-state index in [1.165, 1.54) is 36.4 Å². The van der Waals surface area contributed by atoms with Gasteiger partial charge in [-0.1, -0.05) is 50.6 Å². The third-order valence-electron chi connectivity index (χ3n) is 11.5. The molecule has 3 aliphatic rings. The van der Waals surface area contributed by atoms with Gasteiger partial charge >= 0.3 is 30.1 Å². The third-order valence-corrected chi connectivity index (χ3v) is 14.3. The topological polar surface area (TPSA) is 203 Å². The van der Waals surface area contributed by atoms with Gasteiger partial charge in [0.15, 0.2) is 5.13 Å². The van der Waals surface area contributed by atoms with Crippen molar-refractivity contribution in [3.05, 3.63) is 77.3 Å². The van der Waals surface area contributed by atoms with E-state index in [1.54, 1.807) is 23.6 Å². The molecule has 2 saturated carbocycles. The molecule has 0 unspecified atom stereocenters. The van der Waals surface area contributed by atoms with E-state index in [1.807, 2.05) is 20.8 Å². The lowest BCUT2D eigenvalue weighted by molar-refractivity contribution is -0.193. The van der Waals surface area contributed by atoms with Crippen LogP contribution in [0.25, 0.3) is 22.0 Å². The Hall–Kier alpha value is -6.02. The number of pyridine rings is 1. The number of thiazole rings is 1. The van der Waals surface area contributed by atoms with Gasteiger partial charge in [-0.3, -0.25) is 28.7 Å². The Bertz CT molecular complexity index is 2830. The van der Waals surface area contributed by atoms with Crippen LogP contribution in [0.15, 0.2) is 66.7 Å². The number of nitrogens with zero attached hydrogens (tertiary/aromatic N) is 3. The molecule has 0 spiro atoms. The largest absolute Gasteiger partial charge is 0.494 e. The fraction of sp³-hybridized carbons (Fsp3) is 0.432. The first kappa shape index (κ1) is 54.3. The minimum atomic E-state index is -5.77. The van der Waals surface area contributed by atoms with Crippen LogP contribution in [-0.2, 0) is 40.2 Å². The molecule has 5 atom stereocenters. The lowest BCUT2D eigenvalue weighted by Gasteiger charge is -2.35. The second-order valence-electron chi connectivity index (χ2n) is 17.7. The van der Waals surface area contributed by atoms with Crippen molar-refractivity contribution in [2.45, 2.75) is 94.0 Å². The van der Waals surface area contributed by atoms with Crippen LogP contribution in [0.3, 0.4) is 0 Å². The number of ether oxygens (including phenoxy) is 2. The number of alkyl halides is 9. The molecule has 3 heterocycles. The summed E-state index contributed by atoms with van der Waals surface area (Å²) in [6, 6.07) is 7.51. The number of nitrogens with one attached hydrogen (secondary N) is 3. The number of anilines is 1. The number of carbonyl (C=O) groups is 5. The minimum Gasteiger partial charge on any atom is -0.494 e. The SMILES string of the molecule is C=C[C@@H]1C[C@]1(NC(=O)[C@@H]1C[C@@H](Oc2ncc(OC)c3ccc(Cl)cc23)CN1C(=O)[C@@H](Nc1nc(-c2ccc(C(F)(F)F)cc2)cs1)C(C)(C)C)C(=O)NS(=O)(=O)C1CC1.O=C(C(=O)C(F)(F)F)C(F)(F)F. The molecule has 1 aliphatic heterocycles. The van der Waals surface area contributed by atoms with Crippen molar-refractivity contribution < 1.29 is 81.4 Å². The number of rotatable bonds is 14. The van der Waals surface area contributed by atoms with Crippen LogP contribution >= 0.6 is 22.9 Å². The molecule has 27 heteroatoms. The number of methoxy groups -OCH3 is 1. The minimum absolute atomic E-state index is 0.0314. The van der Waals surface area contributed by atoms with Gasteiger partial charge in [-0.05, 0) is 55.0 Å². The number of hydrogen-bond donors (Lipinski definition) is 3. The van der Waals surface area contributed by atoms with Gasteiger partial charge in [-0.25, -0.2) is 18.4 Å². The van der Waals surface area contributed by atoms with E-state index in [0.717, 1.165) is 23.5 Å². The van der Waals surface area contributed by atoms with E-state index in [9.17, 15) is 71.9 Å². The van der Waals surface area contributed by atoms with Crippen LogP contribution in [0, 0.1) is 11.3 Å². The van der Waals surface area contributed by atoms with Gasteiger partial charge in [0.1, 0.15) is 29.5 Å². The highest BCUT2D eigenvalue weighted by molar-refractivity contribution is 7.91. The molecule has 0 radical (unpaired) electrons. The summed E-state index contributed by atoms with van der Waals surface area (Å²) in [4.78, 5) is 72.5. The predicted molar refractivity (Wildman–Crippen MR) is 239 cm³/mol. The number of hydrogen-bond acceptors (Lipinski definition) is 13. The fourth-order valence-electron chi connectivity index (χ4n) is 7.47. The Morgan fingerprint density at radius 1 is 0.944 bits per heavy atom. The average molecular weight is 1070 g/mol. The summed E-state index contributed by atoms with van der Waals surface area (Å²) in [7, 11) is -2.44. The number of sulfonamides is 1. The Morgan fingerprint density at radius 3 is 2.08 bits per heavy atom. The summed E-state index contributed by atoms with van der Waals surface area (Å²) in [5, 5.41) is 8.89. The van der Waals surface area contributed by atoms with Gasteiger partial charge in [0.2, 0.25) is 27.7 Å². The Balaban J connectivity index is 0.000000608. The molecule has 4 aromatic rings. The number of fused-ring (bicyclic) bond motifs is 1. The zero-order chi connectivity index (χ0) is 52.8. The molecular weight excluding hydrogens is 1030 g/mol. The standard InChI is InChI=1S/C40H42ClF3N6O7S2.C4F6O2/c1-6-22-17-39(22,36(53)49-59(54,55)26-12-13-26)48-33(51)30-16-25(57-34-28-15-24(41)11-14-27(28)31(56-5)18-45-34)19-50(30)35(52)32(38(2,3)4)47-37-46-29(20-58-37)21-7-9-23(10-8-21)40(42,43)44;5-3(6,7)1(11)2(12)4(8,9)10/h6-11,14-15,18,20,22,25-26,30,32H,1,12-13,16-17,19H2,2-5H3,(H,46,47)(H,48,51)(H,49,53);/t22-,25-,30+,32-,39-;/m1./s1. The van der Waals surface area contributed by atoms with Crippen molar-refractivity contribution in [2.24, 2.45) is 11.3 Å². The Labute approximate surface area is 407 Å². The molecule has 384 valence electrons. The van der Waals surface area contributed by atoms with Gasteiger partial charge < -0.3 is 25.0 Å². The number of aromatic nitrogens is 2. The van der Waals surface area contributed by atoms with Gasteiger partial charge in [0, 0.05) is 39.1 Å². The maximum atomic E-state index is 14.8. The zero-order valence-electron chi connectivity index (χ0n) is 37.5. The molecule has 71 heavy (non-hydrogen) atoms. The lowest BCUT2D eigenvalue weighted by Crippen LogP contribution is -2.58. The number of amides is 3. The van der Waals surface area contributed by atoms with Gasteiger partial charge in [-0.15, -0.1) is 17.9 Å². The van der Waals surface area contributed by atoms with E-state index in [-0.39, 0.29) is 25.3 Å². The second kappa shape index (κ2) is 19.9. The average Bonchev–Trinajstić information content (AvgIpc) is 4.17. The highest BCUT2D eigenvalue weighted by Gasteiger charge is 2.62. The smallest absolute Gasteiger partial charge is 0.458 e. The zero-order valence-corrected chi connectivity index (χ0v) is 39.9. The number of Topliss-reactive ketones (excluding diaryl/α,β-unsaturated/α-hetero) is 2. The number of ketones is 2. The van der Waals surface area contributed by atoms with E-state index in [0.29, 0.717) is 50.8 Å². The first-order valence-corrected chi connectivity index (χ1v) is 23.8. The molecule has 3 amide bonds. The first-order chi connectivity index (χ1) is 32.8. The number of halogens is 10. The Morgan fingerprint density at radius 2 is 1.56 bits per heavy atom. The molecule has 2 aromatic heterocycles. The summed E-state index contributed by atoms with van der Waals surface area (Å²) >= 11 is 7.51. The van der Waals surface area contributed by atoms with Crippen LogP contribution in [0.4, 0.5) is 44.6 Å². The molecule has 0 bridgehead atoms. The summed E-state index contributed by atoms with van der Waals surface area (Å²) in [6.45, 7) is 9.15. The van der Waals surface area contributed by atoms with Crippen LogP contribution in [0.2, 0.25) is 5.02 Å². The van der Waals surface area contributed by atoms with Crippen LogP contribution in [0.5, 0.6) is 11.6 Å². The molecular formula is C44H42ClF9N6O9S2. The van der Waals surface area contributed by atoms with Gasteiger partial charge in [0.25, 0.3) is 5.91 Å². The predicted octanol–water partition coefficient (Wildman–Crippen LogP) is 7.83. The van der Waals surface area contributed by atoms with Crippen molar-refractivity contribution in [1.29, 1.82) is 0 Å². The summed E-state index contributed by atoms with van der Waals surface area (Å²) in [5.74, 6) is -8.80. The maximum Gasteiger partial charge on any atom is 0.458 e. The van der Waals surface area contributed by atoms with Crippen molar-refractivity contribution >= 4 is 78.2 Å². The molecule has 15 nitrogen and oxygen atoms in total. The lowest BCUT2D eigenvalue weighted by atomic mass is 9.85. The number of likely N-dealkylation sites (tertiary alicyclic amines) is 1. The highest BCUT2D eigenvalue weighted by atomic mass is 35.5. The molecule has 3 N–H and O–H groups in total. The van der Waals surface area contributed by atoms with E-state index >= 15 is 0 Å². The number of benzene rings is 2. The van der Waals surface area contributed by atoms with E-state index in [4.69, 9.17) is 21.1 Å². The van der Waals surface area contributed by atoms with Crippen molar-refractivity contribution in [3.8, 4) is 22.9 Å². The molecule has 3 fully saturated rings. The molecule has 7 rings (SSSR count). The highest BCUT2D eigenvalue weighted by Crippen LogP contribution is 2.46. The van der Waals surface area contributed by atoms with Crippen LogP contribution < -0.4 is 24.8 Å². The second-order valence-corrected chi connectivity index (χ2v) is 21.0. The summed E-state index contributed by atoms with van der Waals surface area (Å²) in [5.41, 5.74) is -2.35. The quantitative estimate of drug-likeness (QED) is 0.0629. The normalized spacial score (nSPS) is 20.8. The van der Waals surface area contributed by atoms with Crippen molar-refractivity contribution in [1.82, 2.24) is 24.9 Å². The first-order valence-electron chi connectivity index (χ1n) is 21.0. The molecule has 2 aliphatic carbocycles. The van der Waals surface area contributed by atoms with Gasteiger partial charge in [0.05, 0.1) is 36.4 Å².